The van der Waals surface area contributed by atoms with E-state index in [0.717, 1.165) is 17.7 Å². The molecule has 7 nitrogen and oxygen atoms in total. The van der Waals surface area contributed by atoms with Crippen LogP contribution in [0.4, 0.5) is 0 Å². The third kappa shape index (κ3) is 4.74. The molecular formula is C18H19NO6S2. The number of hydrogen-bond donors (Lipinski definition) is 1. The van der Waals surface area contributed by atoms with Crippen LogP contribution in [0.1, 0.15) is 37.7 Å². The summed E-state index contributed by atoms with van der Waals surface area (Å²) < 4.78 is 37.7. The second-order valence-corrected chi connectivity index (χ2v) is 9.14. The molecule has 0 spiro atoms. The van der Waals surface area contributed by atoms with E-state index in [4.69, 9.17) is 9.47 Å². The minimum absolute atomic E-state index is 0.0298. The summed E-state index contributed by atoms with van der Waals surface area (Å²) in [5.74, 6) is -0.954. The Hall–Kier alpha value is -2.23. The van der Waals surface area contributed by atoms with Gasteiger partial charge in [0.2, 0.25) is 15.8 Å². The number of rotatable bonds is 8. The Balaban J connectivity index is 1.74. The van der Waals surface area contributed by atoms with Crippen LogP contribution >= 0.6 is 11.3 Å². The maximum Gasteiger partial charge on any atom is 0.338 e. The van der Waals surface area contributed by atoms with Gasteiger partial charge in [-0.25, -0.2) is 17.9 Å². The van der Waals surface area contributed by atoms with Crippen molar-refractivity contribution in [3.8, 4) is 5.75 Å². The van der Waals surface area contributed by atoms with Crippen LogP contribution in [0.5, 0.6) is 5.75 Å². The van der Waals surface area contributed by atoms with Gasteiger partial charge in [-0.2, -0.15) is 0 Å². The zero-order valence-electron chi connectivity index (χ0n) is 14.9. The monoisotopic (exact) mass is 409 g/mol. The zero-order valence-corrected chi connectivity index (χ0v) is 16.5. The SMILES string of the molecule is COc1ccc(C(=O)OCC(=O)c2ccc(C)s2)cc1S(=O)(=O)NC1CC1. The lowest BCUT2D eigenvalue weighted by Crippen LogP contribution is -2.26. The normalized spacial score (nSPS) is 14.0. The van der Waals surface area contributed by atoms with Crippen LogP contribution in [0.3, 0.4) is 0 Å². The molecule has 1 aliphatic rings. The Labute approximate surface area is 161 Å². The summed E-state index contributed by atoms with van der Waals surface area (Å²) in [6, 6.07) is 7.40. The van der Waals surface area contributed by atoms with Crippen LogP contribution in [-0.4, -0.2) is 39.9 Å². The molecular weight excluding hydrogens is 390 g/mol. The molecule has 0 radical (unpaired) electrons. The standard InChI is InChI=1S/C18H19NO6S2/c1-11-3-8-16(26-11)14(20)10-25-18(21)12-4-7-15(24-2)17(9-12)27(22,23)19-13-5-6-13/h3-4,7-9,13,19H,5-6,10H2,1-2H3. The van der Waals surface area contributed by atoms with Gasteiger partial charge in [0.1, 0.15) is 10.6 Å². The molecule has 1 aromatic carbocycles. The second-order valence-electron chi connectivity index (χ2n) is 6.17. The number of aryl methyl sites for hydroxylation is 1. The van der Waals surface area contributed by atoms with Crippen molar-refractivity contribution >= 4 is 33.1 Å². The number of Topliss-reactive ketones (excluding diaryl/α,β-unsaturated/α-hetero) is 1. The van der Waals surface area contributed by atoms with Gasteiger partial charge in [-0.3, -0.25) is 4.79 Å². The molecule has 1 saturated carbocycles. The Morgan fingerprint density at radius 1 is 1.22 bits per heavy atom. The van der Waals surface area contributed by atoms with E-state index < -0.39 is 22.6 Å². The molecule has 27 heavy (non-hydrogen) atoms. The molecule has 9 heteroatoms. The maximum atomic E-state index is 12.5. The summed E-state index contributed by atoms with van der Waals surface area (Å²) in [5.41, 5.74) is 0.0298. The summed E-state index contributed by atoms with van der Waals surface area (Å²) in [5, 5.41) is 0. The molecule has 0 unspecified atom stereocenters. The number of ether oxygens (including phenoxy) is 2. The number of benzene rings is 1. The topological polar surface area (TPSA) is 98.8 Å². The average molecular weight is 409 g/mol. The molecule has 1 heterocycles. The molecule has 1 N–H and O–H groups in total. The number of hydrogen-bond acceptors (Lipinski definition) is 7. The van der Waals surface area contributed by atoms with Gasteiger partial charge in [0, 0.05) is 10.9 Å². The highest BCUT2D eigenvalue weighted by Gasteiger charge is 2.30. The molecule has 3 rings (SSSR count). The molecule has 144 valence electrons. The fraction of sp³-hybridized carbons (Fsp3) is 0.333. The van der Waals surface area contributed by atoms with Gasteiger partial charge in [-0.1, -0.05) is 0 Å². The highest BCUT2D eigenvalue weighted by molar-refractivity contribution is 7.89. The van der Waals surface area contributed by atoms with E-state index in [1.54, 1.807) is 6.07 Å². The van der Waals surface area contributed by atoms with Crippen LogP contribution in [-0.2, 0) is 14.8 Å². The third-order valence-corrected chi connectivity index (χ3v) is 6.52. The van der Waals surface area contributed by atoms with Crippen LogP contribution in [0.15, 0.2) is 35.2 Å². The van der Waals surface area contributed by atoms with Gasteiger partial charge in [0.15, 0.2) is 6.61 Å². The van der Waals surface area contributed by atoms with Gasteiger partial charge in [0.05, 0.1) is 17.6 Å². The number of carbonyl (C=O) groups excluding carboxylic acids is 2. The van der Waals surface area contributed by atoms with Crippen molar-refractivity contribution in [2.75, 3.05) is 13.7 Å². The van der Waals surface area contributed by atoms with Gasteiger partial charge in [-0.05, 0) is 50.1 Å². The molecule has 0 atom stereocenters. The van der Waals surface area contributed by atoms with Gasteiger partial charge in [0.25, 0.3) is 0 Å². The first kappa shape index (κ1) is 19.5. The lowest BCUT2D eigenvalue weighted by atomic mass is 10.2. The highest BCUT2D eigenvalue weighted by atomic mass is 32.2. The van der Waals surface area contributed by atoms with E-state index in [1.165, 1.54) is 36.6 Å². The Morgan fingerprint density at radius 2 is 1.96 bits per heavy atom. The molecule has 0 saturated heterocycles. The summed E-state index contributed by atoms with van der Waals surface area (Å²) in [6.07, 6.45) is 1.57. The number of carbonyl (C=O) groups is 2. The molecule has 1 fully saturated rings. The van der Waals surface area contributed by atoms with Crippen LogP contribution < -0.4 is 9.46 Å². The number of nitrogens with one attached hydrogen (secondary N) is 1. The summed E-state index contributed by atoms with van der Waals surface area (Å²) in [7, 11) is -2.46. The van der Waals surface area contributed by atoms with E-state index in [0.29, 0.717) is 4.88 Å². The number of ketones is 1. The van der Waals surface area contributed by atoms with Gasteiger partial charge >= 0.3 is 5.97 Å². The van der Waals surface area contributed by atoms with E-state index in [2.05, 4.69) is 4.72 Å². The molecule has 2 aromatic rings. The van der Waals surface area contributed by atoms with Crippen molar-refractivity contribution in [3.05, 3.63) is 45.6 Å². The molecule has 0 amide bonds. The fourth-order valence-corrected chi connectivity index (χ4v) is 4.66. The van der Waals surface area contributed by atoms with E-state index in [-0.39, 0.29) is 28.0 Å². The zero-order chi connectivity index (χ0) is 19.6. The predicted octanol–water partition coefficient (Wildman–Crippen LogP) is 2.55. The van der Waals surface area contributed by atoms with E-state index in [9.17, 15) is 18.0 Å². The highest BCUT2D eigenvalue weighted by Crippen LogP contribution is 2.28. The van der Waals surface area contributed by atoms with Crippen LogP contribution in [0.2, 0.25) is 0 Å². The lowest BCUT2D eigenvalue weighted by Gasteiger charge is -2.12. The van der Waals surface area contributed by atoms with Gasteiger partial charge < -0.3 is 9.47 Å². The molecule has 0 bridgehead atoms. The molecule has 1 aliphatic carbocycles. The predicted molar refractivity (Wildman–Crippen MR) is 100 cm³/mol. The number of thiophene rings is 1. The first-order valence-corrected chi connectivity index (χ1v) is 10.6. The summed E-state index contributed by atoms with van der Waals surface area (Å²) in [6.45, 7) is 1.47. The van der Waals surface area contributed by atoms with Crippen molar-refractivity contribution in [2.45, 2.75) is 30.7 Å². The quantitative estimate of drug-likeness (QED) is 0.531. The molecule has 0 aliphatic heterocycles. The number of methoxy groups -OCH3 is 1. The van der Waals surface area contributed by atoms with Crippen LogP contribution in [0, 0.1) is 6.92 Å². The maximum absolute atomic E-state index is 12.5. The average Bonchev–Trinajstić information content (AvgIpc) is 3.34. The number of sulfonamides is 1. The van der Waals surface area contributed by atoms with Gasteiger partial charge in [-0.15, -0.1) is 11.3 Å². The summed E-state index contributed by atoms with van der Waals surface area (Å²) in [4.78, 5) is 25.7. The number of esters is 1. The van der Waals surface area contributed by atoms with Crippen LogP contribution in [0.25, 0.3) is 0 Å². The lowest BCUT2D eigenvalue weighted by molar-refractivity contribution is 0.0475. The van der Waals surface area contributed by atoms with Crippen molar-refractivity contribution in [1.29, 1.82) is 0 Å². The first-order valence-electron chi connectivity index (χ1n) is 8.27. The second kappa shape index (κ2) is 7.79. The van der Waals surface area contributed by atoms with Crippen molar-refractivity contribution in [3.63, 3.8) is 0 Å². The summed E-state index contributed by atoms with van der Waals surface area (Å²) >= 11 is 1.32. The van der Waals surface area contributed by atoms with E-state index in [1.807, 2.05) is 13.0 Å². The largest absolute Gasteiger partial charge is 0.495 e. The Kier molecular flexibility index (Phi) is 5.64. The minimum atomic E-state index is -3.82. The van der Waals surface area contributed by atoms with Crippen molar-refractivity contribution < 1.29 is 27.5 Å². The smallest absolute Gasteiger partial charge is 0.338 e. The fourth-order valence-electron chi connectivity index (χ4n) is 2.37. The first-order chi connectivity index (χ1) is 12.8. The van der Waals surface area contributed by atoms with Crippen molar-refractivity contribution in [1.82, 2.24) is 4.72 Å². The van der Waals surface area contributed by atoms with Crippen molar-refractivity contribution in [2.24, 2.45) is 0 Å². The Morgan fingerprint density at radius 3 is 2.56 bits per heavy atom. The molecule has 1 aromatic heterocycles. The Bertz CT molecular complexity index is 975. The third-order valence-electron chi connectivity index (χ3n) is 3.94. The van der Waals surface area contributed by atoms with E-state index >= 15 is 0 Å². The minimum Gasteiger partial charge on any atom is -0.495 e.